The highest BCUT2D eigenvalue weighted by Crippen LogP contribution is 2.11. The van der Waals surface area contributed by atoms with E-state index in [1.165, 1.54) is 64.2 Å². The smallest absolute Gasteiger partial charge is 0.239 e. The summed E-state index contributed by atoms with van der Waals surface area (Å²) in [4.78, 5) is 8.41. The summed E-state index contributed by atoms with van der Waals surface area (Å²) in [6.45, 7) is 5.53. The second kappa shape index (κ2) is 14.4. The van der Waals surface area contributed by atoms with Crippen molar-refractivity contribution < 1.29 is 9.94 Å². The fourth-order valence-electron chi connectivity index (χ4n) is 2.84. The van der Waals surface area contributed by atoms with Gasteiger partial charge in [0, 0.05) is 12.6 Å². The van der Waals surface area contributed by atoms with Gasteiger partial charge in [-0.2, -0.15) is 4.98 Å². The predicted molar refractivity (Wildman–Crippen MR) is 107 cm³/mol. The molecule has 0 atom stereocenters. The molecule has 0 amide bonds. The minimum Gasteiger partial charge on any atom is -0.477 e. The molecule has 0 bridgehead atoms. The molecule has 6 heteroatoms. The van der Waals surface area contributed by atoms with Gasteiger partial charge in [0.25, 0.3) is 0 Å². The molecular formula is C20H38N4O2. The Balaban J connectivity index is 2.20. The number of rotatable bonds is 15. The number of unbranched alkanes of at least 4 members (excludes halogenated alkanes) is 10. The maximum atomic E-state index is 9.90. The van der Waals surface area contributed by atoms with Crippen molar-refractivity contribution in [2.75, 3.05) is 18.9 Å². The third-order valence-corrected chi connectivity index (χ3v) is 4.40. The molecule has 3 N–H and O–H groups in total. The van der Waals surface area contributed by atoms with Crippen molar-refractivity contribution in [3.05, 3.63) is 11.6 Å². The number of aromatic nitrogens is 2. The van der Waals surface area contributed by atoms with Gasteiger partial charge in [-0.05, 0) is 12.8 Å². The average Bonchev–Trinajstić information content (AvgIpc) is 2.64. The molecular weight excluding hydrogens is 328 g/mol. The molecule has 0 spiro atoms. The first-order chi connectivity index (χ1) is 12.7. The molecule has 1 aromatic rings. The largest absolute Gasteiger partial charge is 0.477 e. The molecule has 0 saturated heterocycles. The number of ether oxygens (including phenoxy) is 1. The lowest BCUT2D eigenvalue weighted by molar-refractivity contribution is 0.172. The number of nitrogens with two attached hydrogens (primary N) is 1. The third-order valence-electron chi connectivity index (χ3n) is 4.40. The molecule has 26 heavy (non-hydrogen) atoms. The van der Waals surface area contributed by atoms with Crippen LogP contribution in [-0.4, -0.2) is 28.1 Å². The molecule has 1 aromatic heterocycles. The maximum Gasteiger partial charge on any atom is 0.239 e. The number of anilines is 1. The van der Waals surface area contributed by atoms with E-state index in [0.29, 0.717) is 24.5 Å². The molecule has 0 saturated carbocycles. The van der Waals surface area contributed by atoms with E-state index < -0.39 is 0 Å². The summed E-state index contributed by atoms with van der Waals surface area (Å²) in [7, 11) is 0. The first kappa shape index (κ1) is 22.3. The maximum absolute atomic E-state index is 9.90. The van der Waals surface area contributed by atoms with E-state index in [9.17, 15) is 5.21 Å². The Hall–Kier alpha value is -1.72. The van der Waals surface area contributed by atoms with Crippen LogP contribution in [0.5, 0.6) is 5.88 Å². The zero-order valence-electron chi connectivity index (χ0n) is 16.8. The Bertz CT molecular complexity index is 543. The van der Waals surface area contributed by atoms with Crippen LogP contribution in [0.2, 0.25) is 0 Å². The van der Waals surface area contributed by atoms with Gasteiger partial charge in [-0.25, -0.2) is 0 Å². The van der Waals surface area contributed by atoms with Crippen LogP contribution in [0.3, 0.4) is 0 Å². The first-order valence-corrected chi connectivity index (χ1v) is 10.4. The number of nitrogen functional groups attached to an aromatic ring is 1. The molecule has 0 aliphatic carbocycles. The Labute approximate surface area is 158 Å². The van der Waals surface area contributed by atoms with Gasteiger partial charge >= 0.3 is 0 Å². The van der Waals surface area contributed by atoms with Gasteiger partial charge in [-0.3, -0.25) is 4.99 Å². The SMILES string of the molecule is CCCCCCCCCCCCCN=c1cc(OCCC)nc(N)n1O. The fourth-order valence-corrected chi connectivity index (χ4v) is 2.84. The Morgan fingerprint density at radius 3 is 2.12 bits per heavy atom. The normalized spacial score (nSPS) is 11.8. The summed E-state index contributed by atoms with van der Waals surface area (Å²) in [5, 5.41) is 9.90. The summed E-state index contributed by atoms with van der Waals surface area (Å²) < 4.78 is 6.29. The van der Waals surface area contributed by atoms with Crippen LogP contribution in [0.25, 0.3) is 0 Å². The summed E-state index contributed by atoms with van der Waals surface area (Å²) >= 11 is 0. The first-order valence-electron chi connectivity index (χ1n) is 10.4. The van der Waals surface area contributed by atoms with Crippen molar-refractivity contribution in [1.82, 2.24) is 9.71 Å². The minimum atomic E-state index is -0.00344. The van der Waals surface area contributed by atoms with E-state index >= 15 is 0 Å². The molecule has 0 fully saturated rings. The lowest BCUT2D eigenvalue weighted by atomic mass is 10.1. The molecule has 6 nitrogen and oxygen atoms in total. The molecule has 0 unspecified atom stereocenters. The van der Waals surface area contributed by atoms with Crippen molar-refractivity contribution in [1.29, 1.82) is 0 Å². The van der Waals surface area contributed by atoms with Gasteiger partial charge in [-0.1, -0.05) is 78.1 Å². The van der Waals surface area contributed by atoms with Gasteiger partial charge in [-0.15, -0.1) is 4.73 Å². The van der Waals surface area contributed by atoms with E-state index in [1.807, 2.05) is 6.92 Å². The Kier molecular flexibility index (Phi) is 12.4. The van der Waals surface area contributed by atoms with Gasteiger partial charge in [0.2, 0.25) is 11.8 Å². The van der Waals surface area contributed by atoms with E-state index in [4.69, 9.17) is 10.5 Å². The summed E-state index contributed by atoms with van der Waals surface area (Å²) in [5.74, 6) is 0.406. The van der Waals surface area contributed by atoms with Crippen LogP contribution >= 0.6 is 0 Å². The van der Waals surface area contributed by atoms with Crippen LogP contribution in [0.15, 0.2) is 11.1 Å². The number of hydrogen-bond acceptors (Lipinski definition) is 5. The van der Waals surface area contributed by atoms with E-state index in [-0.39, 0.29) is 5.95 Å². The summed E-state index contributed by atoms with van der Waals surface area (Å²) in [6.07, 6.45) is 15.2. The van der Waals surface area contributed by atoms with Crippen molar-refractivity contribution in [3.63, 3.8) is 0 Å². The lowest BCUT2D eigenvalue weighted by Crippen LogP contribution is -2.24. The second-order valence-electron chi connectivity index (χ2n) is 6.89. The number of nitrogens with zero attached hydrogens (tertiary/aromatic N) is 3. The van der Waals surface area contributed by atoms with Crippen LogP contribution < -0.4 is 16.0 Å². The van der Waals surface area contributed by atoms with Crippen LogP contribution in [0, 0.1) is 0 Å². The number of hydrogen-bond donors (Lipinski definition) is 2. The molecule has 150 valence electrons. The molecule has 0 aromatic carbocycles. The molecule has 1 heterocycles. The highest BCUT2D eigenvalue weighted by Gasteiger charge is 2.03. The fraction of sp³-hybridized carbons (Fsp3) is 0.800. The molecule has 1 rings (SSSR count). The van der Waals surface area contributed by atoms with Crippen LogP contribution in [0.4, 0.5) is 5.95 Å². The van der Waals surface area contributed by atoms with Gasteiger partial charge in [0.15, 0.2) is 5.49 Å². The van der Waals surface area contributed by atoms with E-state index in [1.54, 1.807) is 6.07 Å². The predicted octanol–water partition coefficient (Wildman–Crippen LogP) is 4.70. The standard InChI is InChI=1S/C20H38N4O2/c1-3-5-6-7-8-9-10-11-12-13-14-15-22-18-17-19(26-16-4-2)23-20(21)24(18)25/h17,25H,3-16H2,1-2H3,(H2,21,23). The molecule has 0 aliphatic heterocycles. The van der Waals surface area contributed by atoms with Crippen molar-refractivity contribution in [3.8, 4) is 5.88 Å². The Morgan fingerprint density at radius 2 is 1.54 bits per heavy atom. The van der Waals surface area contributed by atoms with E-state index in [2.05, 4.69) is 16.9 Å². The summed E-state index contributed by atoms with van der Waals surface area (Å²) in [6, 6.07) is 1.63. The molecule has 0 aliphatic rings. The lowest BCUT2D eigenvalue weighted by Gasteiger charge is -2.07. The quantitative estimate of drug-likeness (QED) is 0.348. The molecule has 0 radical (unpaired) electrons. The van der Waals surface area contributed by atoms with Crippen LogP contribution in [0.1, 0.15) is 90.9 Å². The van der Waals surface area contributed by atoms with Gasteiger partial charge in [0.1, 0.15) is 0 Å². The van der Waals surface area contributed by atoms with Gasteiger partial charge < -0.3 is 15.7 Å². The zero-order chi connectivity index (χ0) is 19.0. The Morgan fingerprint density at radius 1 is 0.962 bits per heavy atom. The second-order valence-corrected chi connectivity index (χ2v) is 6.89. The third kappa shape index (κ3) is 9.68. The monoisotopic (exact) mass is 366 g/mol. The van der Waals surface area contributed by atoms with Gasteiger partial charge in [0.05, 0.1) is 6.61 Å². The van der Waals surface area contributed by atoms with E-state index in [0.717, 1.165) is 17.6 Å². The summed E-state index contributed by atoms with van der Waals surface area (Å²) in [5.41, 5.74) is 6.09. The van der Waals surface area contributed by atoms with Crippen molar-refractivity contribution in [2.24, 2.45) is 4.99 Å². The topological polar surface area (TPSA) is 85.7 Å². The average molecular weight is 367 g/mol. The minimum absolute atomic E-state index is 0.00344. The highest BCUT2D eigenvalue weighted by atomic mass is 16.5. The zero-order valence-corrected chi connectivity index (χ0v) is 16.8. The van der Waals surface area contributed by atoms with Crippen molar-refractivity contribution >= 4 is 5.95 Å². The van der Waals surface area contributed by atoms with Crippen LogP contribution in [-0.2, 0) is 0 Å². The highest BCUT2D eigenvalue weighted by molar-refractivity contribution is 5.21. The van der Waals surface area contributed by atoms with Crippen molar-refractivity contribution in [2.45, 2.75) is 90.9 Å².